The summed E-state index contributed by atoms with van der Waals surface area (Å²) in [4.78, 5) is 26.4. The fraction of sp³-hybridized carbons (Fsp3) is 0.838. The van der Waals surface area contributed by atoms with Crippen LogP contribution in [0.15, 0.2) is 11.6 Å². The monoisotopic (exact) mass is 758 g/mol. The van der Waals surface area contributed by atoms with E-state index in [4.69, 9.17) is 37.9 Å². The lowest BCUT2D eigenvalue weighted by molar-refractivity contribution is -0.310. The average Bonchev–Trinajstić information content (AvgIpc) is 3.55. The molecule has 52 heavy (non-hydrogen) atoms. The van der Waals surface area contributed by atoms with Crippen molar-refractivity contribution in [1.29, 1.82) is 0 Å². The van der Waals surface area contributed by atoms with E-state index < -0.39 is 87.5 Å². The molecule has 3 rings (SSSR count). The van der Waals surface area contributed by atoms with E-state index in [0.717, 1.165) is 0 Å². The molecular weight excluding hydrogens is 696 g/mol. The van der Waals surface area contributed by atoms with Crippen molar-refractivity contribution in [1.82, 2.24) is 0 Å². The molecule has 298 valence electrons. The van der Waals surface area contributed by atoms with Crippen molar-refractivity contribution >= 4 is 20.0 Å². The summed E-state index contributed by atoms with van der Waals surface area (Å²) >= 11 is 0. The van der Waals surface area contributed by atoms with Crippen molar-refractivity contribution in [3.05, 3.63) is 11.6 Å². The molecule has 3 fully saturated rings. The highest BCUT2D eigenvalue weighted by Crippen LogP contribution is 2.59. The van der Waals surface area contributed by atoms with Crippen LogP contribution in [-0.2, 0) is 47.5 Å². The molecule has 1 aliphatic carbocycles. The van der Waals surface area contributed by atoms with E-state index in [-0.39, 0.29) is 56.2 Å². The van der Waals surface area contributed by atoms with Crippen LogP contribution in [0.3, 0.4) is 0 Å². The highest BCUT2D eigenvalue weighted by Gasteiger charge is 2.57. The van der Waals surface area contributed by atoms with Gasteiger partial charge in [-0.1, -0.05) is 51.1 Å². The predicted molar refractivity (Wildman–Crippen MR) is 191 cm³/mol. The van der Waals surface area contributed by atoms with Crippen molar-refractivity contribution in [2.45, 2.75) is 155 Å². The first-order chi connectivity index (χ1) is 24.1. The zero-order valence-electron chi connectivity index (χ0n) is 32.6. The number of allylic oxidation sites excluding steroid dienone is 2. The van der Waals surface area contributed by atoms with Crippen LogP contribution in [0.25, 0.3) is 0 Å². The molecule has 0 bridgehead atoms. The molecule has 3 aliphatic rings. The largest absolute Gasteiger partial charge is 0.463 e. The third-order valence-electron chi connectivity index (χ3n) is 9.08. The second kappa shape index (κ2) is 19.1. The predicted octanol–water partition coefficient (Wildman–Crippen LogP) is 2.10. The molecule has 4 N–H and O–H groups in total. The van der Waals surface area contributed by atoms with Crippen LogP contribution in [0, 0.1) is 28.7 Å². The summed E-state index contributed by atoms with van der Waals surface area (Å²) in [6.07, 6.45) is -12.6. The Morgan fingerprint density at radius 1 is 0.788 bits per heavy atom. The molecule has 0 amide bonds. The van der Waals surface area contributed by atoms with Crippen molar-refractivity contribution in [2.75, 3.05) is 26.4 Å². The van der Waals surface area contributed by atoms with E-state index in [0.29, 0.717) is 0 Å². The SMILES string of the molecule is CC(C)=CC1C(COC(=O)C2O[C@@H](OCCCO[C@@H]3C(C(=O)OCC#C[Si](C)(C)C)O[C@@H](OC(C)C)[C@@H](O)[C@H]3O)[C@@H](O)[C@@H](O)[C@@H]2OC(C)C)C1(C)C. The van der Waals surface area contributed by atoms with E-state index in [9.17, 15) is 30.0 Å². The molecule has 0 aromatic carbocycles. The van der Waals surface area contributed by atoms with Crippen molar-refractivity contribution < 1.29 is 67.9 Å². The molecule has 0 radical (unpaired) electrons. The lowest BCUT2D eigenvalue weighted by atomic mass is 9.98. The Bertz CT molecular complexity index is 1260. The van der Waals surface area contributed by atoms with E-state index in [1.54, 1.807) is 27.7 Å². The maximum Gasteiger partial charge on any atom is 0.339 e. The number of hydrogen-bond acceptors (Lipinski definition) is 14. The maximum atomic E-state index is 13.3. The second-order valence-electron chi connectivity index (χ2n) is 16.2. The fourth-order valence-electron chi connectivity index (χ4n) is 6.24. The molecule has 2 heterocycles. The number of esters is 2. The van der Waals surface area contributed by atoms with E-state index in [2.05, 4.69) is 51.0 Å². The van der Waals surface area contributed by atoms with Crippen LogP contribution in [0.5, 0.6) is 0 Å². The quantitative estimate of drug-likeness (QED) is 0.0589. The number of ether oxygens (including phenoxy) is 8. The first-order valence-corrected chi connectivity index (χ1v) is 21.7. The normalized spacial score (nSPS) is 34.3. The van der Waals surface area contributed by atoms with Crippen LogP contribution >= 0.6 is 0 Å². The average molecular weight is 759 g/mol. The van der Waals surface area contributed by atoms with Gasteiger partial charge in [0.25, 0.3) is 0 Å². The molecule has 0 aromatic heterocycles. The molecule has 4 unspecified atom stereocenters. The molecule has 0 aromatic rings. The van der Waals surface area contributed by atoms with Gasteiger partial charge in [0.1, 0.15) is 44.7 Å². The minimum absolute atomic E-state index is 0.0357. The Balaban J connectivity index is 1.61. The van der Waals surface area contributed by atoms with E-state index >= 15 is 0 Å². The van der Waals surface area contributed by atoms with Gasteiger partial charge in [-0.25, -0.2) is 9.59 Å². The Labute approximate surface area is 309 Å². The Kier molecular flexibility index (Phi) is 16.3. The standard InChI is InChI=1S/C37H62O14Si/c1-20(2)18-23-24(37(23,7)8)19-47-34(43)32-30(48-21(3)4)26(39)27(40)35(50-32)46-15-12-14-44-29-25(38)28(41)36(49-22(5)6)51-31(29)33(42)45-16-13-17-52(9,10)11/h18,21-32,35-36,38-41H,12,14-16,19H2,1-11H3/t23?,24?,25-,26-,27+,28+,29+,30+,31?,32?,35-,36-/m1/s1. The summed E-state index contributed by atoms with van der Waals surface area (Å²) < 4.78 is 45.5. The highest BCUT2D eigenvalue weighted by atomic mass is 28.3. The van der Waals surface area contributed by atoms with Crippen LogP contribution in [0.2, 0.25) is 19.6 Å². The smallest absolute Gasteiger partial charge is 0.339 e. The van der Waals surface area contributed by atoms with Crippen LogP contribution < -0.4 is 0 Å². The van der Waals surface area contributed by atoms with Crippen LogP contribution in [0.1, 0.15) is 61.8 Å². The minimum Gasteiger partial charge on any atom is -0.463 e. The zero-order chi connectivity index (χ0) is 39.1. The Morgan fingerprint density at radius 2 is 1.33 bits per heavy atom. The highest BCUT2D eigenvalue weighted by molar-refractivity contribution is 6.83. The van der Waals surface area contributed by atoms with Gasteiger partial charge >= 0.3 is 11.9 Å². The minimum atomic E-state index is -1.70. The summed E-state index contributed by atoms with van der Waals surface area (Å²) in [6, 6.07) is 0. The number of rotatable bonds is 16. The third kappa shape index (κ3) is 12.3. The molecule has 0 spiro atoms. The first-order valence-electron chi connectivity index (χ1n) is 18.2. The van der Waals surface area contributed by atoms with Gasteiger partial charge in [-0.15, -0.1) is 5.54 Å². The van der Waals surface area contributed by atoms with Gasteiger partial charge in [0.05, 0.1) is 25.4 Å². The number of hydrogen-bond donors (Lipinski definition) is 4. The van der Waals surface area contributed by atoms with Crippen LogP contribution in [-0.4, -0.2) is 140 Å². The number of aliphatic hydroxyl groups is 4. The molecule has 2 aliphatic heterocycles. The van der Waals surface area contributed by atoms with E-state index in [1.165, 1.54) is 5.57 Å². The van der Waals surface area contributed by atoms with Gasteiger partial charge in [0.15, 0.2) is 31.4 Å². The lowest BCUT2D eigenvalue weighted by Gasteiger charge is -2.42. The maximum absolute atomic E-state index is 13.3. The number of carbonyl (C=O) groups excluding carboxylic acids is 2. The summed E-state index contributed by atoms with van der Waals surface area (Å²) in [7, 11) is -1.70. The third-order valence-corrected chi connectivity index (χ3v) is 10.0. The summed E-state index contributed by atoms with van der Waals surface area (Å²) in [5.74, 6) is 1.65. The molecule has 1 saturated carbocycles. The lowest BCUT2D eigenvalue weighted by Crippen LogP contribution is -2.62. The summed E-state index contributed by atoms with van der Waals surface area (Å²) in [5.41, 5.74) is 4.25. The van der Waals surface area contributed by atoms with E-state index in [1.807, 2.05) is 13.8 Å². The molecule has 15 heteroatoms. The van der Waals surface area contributed by atoms with Gasteiger partial charge < -0.3 is 58.3 Å². The topological polar surface area (TPSA) is 189 Å². The molecular formula is C37H62O14Si. The van der Waals surface area contributed by atoms with Gasteiger partial charge in [-0.3, -0.25) is 0 Å². The van der Waals surface area contributed by atoms with Gasteiger partial charge in [0.2, 0.25) is 0 Å². The summed E-state index contributed by atoms with van der Waals surface area (Å²) in [5, 5.41) is 43.5. The van der Waals surface area contributed by atoms with Crippen molar-refractivity contribution in [2.24, 2.45) is 17.3 Å². The van der Waals surface area contributed by atoms with Gasteiger partial charge in [-0.05, 0) is 59.3 Å². The van der Waals surface area contributed by atoms with Crippen molar-refractivity contribution in [3.8, 4) is 11.5 Å². The Morgan fingerprint density at radius 3 is 1.92 bits per heavy atom. The Hall–Kier alpha value is -1.94. The van der Waals surface area contributed by atoms with Gasteiger partial charge in [-0.2, -0.15) is 0 Å². The second-order valence-corrected chi connectivity index (χ2v) is 20.9. The van der Waals surface area contributed by atoms with Gasteiger partial charge in [0, 0.05) is 12.5 Å². The van der Waals surface area contributed by atoms with Crippen LogP contribution in [0.4, 0.5) is 0 Å². The summed E-state index contributed by atoms with van der Waals surface area (Å²) in [6.45, 7) is 21.1. The number of carbonyl (C=O) groups is 2. The van der Waals surface area contributed by atoms with Crippen molar-refractivity contribution in [3.63, 3.8) is 0 Å². The first kappa shape index (κ1) is 44.5. The molecule has 14 nitrogen and oxygen atoms in total. The zero-order valence-corrected chi connectivity index (χ0v) is 33.6. The molecule has 12 atom stereocenters. The fourth-order valence-corrected chi connectivity index (χ4v) is 6.84. The number of aliphatic hydroxyl groups excluding tert-OH is 4. The molecule has 2 saturated heterocycles.